The summed E-state index contributed by atoms with van der Waals surface area (Å²) in [5.74, 6) is 0. The molecule has 1 saturated carbocycles. The quantitative estimate of drug-likeness (QED) is 0.689. The van der Waals surface area contributed by atoms with Gasteiger partial charge in [-0.05, 0) is 31.1 Å². The molecule has 0 aromatic heterocycles. The van der Waals surface area contributed by atoms with Crippen LogP contribution < -0.4 is 11.1 Å². The van der Waals surface area contributed by atoms with Crippen molar-refractivity contribution in [3.05, 3.63) is 0 Å². The Balaban J connectivity index is 1.57. The molecule has 3 nitrogen and oxygen atoms in total. The van der Waals surface area contributed by atoms with Gasteiger partial charge in [-0.15, -0.1) is 0 Å². The Morgan fingerprint density at radius 1 is 1.36 bits per heavy atom. The molecule has 3 N–H and O–H groups in total. The van der Waals surface area contributed by atoms with E-state index in [1.807, 2.05) is 0 Å². The zero-order chi connectivity index (χ0) is 10.0. The van der Waals surface area contributed by atoms with Gasteiger partial charge in [0.2, 0.25) is 0 Å². The van der Waals surface area contributed by atoms with Gasteiger partial charge in [0, 0.05) is 19.6 Å². The summed E-state index contributed by atoms with van der Waals surface area (Å²) in [6.45, 7) is 5.18. The molecule has 2 aliphatic rings. The van der Waals surface area contributed by atoms with Gasteiger partial charge in [0.1, 0.15) is 0 Å². The van der Waals surface area contributed by atoms with Gasteiger partial charge < -0.3 is 15.8 Å². The summed E-state index contributed by atoms with van der Waals surface area (Å²) in [5.41, 5.74) is 6.16. The molecule has 1 aliphatic heterocycles. The van der Waals surface area contributed by atoms with Gasteiger partial charge in [0.25, 0.3) is 0 Å². The Labute approximate surface area is 86.4 Å². The van der Waals surface area contributed by atoms with Crippen LogP contribution in [0.5, 0.6) is 0 Å². The fraction of sp³-hybridized carbons (Fsp3) is 1.00. The van der Waals surface area contributed by atoms with Gasteiger partial charge in [-0.3, -0.25) is 0 Å². The number of hydrogen-bond acceptors (Lipinski definition) is 3. The summed E-state index contributed by atoms with van der Waals surface area (Å²) in [6, 6.07) is 0. The van der Waals surface area contributed by atoms with E-state index in [4.69, 9.17) is 10.5 Å². The van der Waals surface area contributed by atoms with Crippen molar-refractivity contribution in [1.82, 2.24) is 5.32 Å². The molecule has 2 fully saturated rings. The van der Waals surface area contributed by atoms with Crippen molar-refractivity contribution >= 4 is 0 Å². The summed E-state index contributed by atoms with van der Waals surface area (Å²) in [6.07, 6.45) is 5.81. The van der Waals surface area contributed by atoms with Crippen molar-refractivity contribution < 1.29 is 4.74 Å². The molecule has 14 heavy (non-hydrogen) atoms. The third-order valence-electron chi connectivity index (χ3n) is 3.49. The molecule has 2 rings (SSSR count). The zero-order valence-corrected chi connectivity index (χ0v) is 9.09. The van der Waals surface area contributed by atoms with Crippen LogP contribution in [0.1, 0.15) is 32.6 Å². The third kappa shape index (κ3) is 2.69. The largest absolute Gasteiger partial charge is 0.372 e. The molecule has 2 unspecified atom stereocenters. The average Bonchev–Trinajstić information content (AvgIpc) is 2.75. The van der Waals surface area contributed by atoms with Crippen LogP contribution in [-0.2, 0) is 4.74 Å². The van der Waals surface area contributed by atoms with Crippen molar-refractivity contribution in [3.63, 3.8) is 0 Å². The van der Waals surface area contributed by atoms with Crippen LogP contribution in [-0.4, -0.2) is 31.8 Å². The first-order valence-corrected chi connectivity index (χ1v) is 5.78. The van der Waals surface area contributed by atoms with Crippen LogP contribution in [0, 0.1) is 5.41 Å². The molecule has 3 heteroatoms. The molecule has 0 amide bonds. The lowest BCUT2D eigenvalue weighted by atomic mass is 10.1. The summed E-state index contributed by atoms with van der Waals surface area (Å²) in [5, 5.41) is 3.51. The summed E-state index contributed by atoms with van der Waals surface area (Å²) in [7, 11) is 0. The van der Waals surface area contributed by atoms with Crippen LogP contribution in [0.4, 0.5) is 0 Å². The van der Waals surface area contributed by atoms with Crippen molar-refractivity contribution in [3.8, 4) is 0 Å². The van der Waals surface area contributed by atoms with Crippen molar-refractivity contribution in [2.24, 2.45) is 11.1 Å². The first kappa shape index (κ1) is 10.4. The van der Waals surface area contributed by atoms with Crippen LogP contribution in [0.15, 0.2) is 0 Å². The molecule has 0 aromatic rings. The van der Waals surface area contributed by atoms with Crippen LogP contribution in [0.25, 0.3) is 0 Å². The standard InChI is InChI=1S/C11H22N2O/c1-11(4-5-11)8-13-7-10-3-2-9(6-12)14-10/h9-10,13H,2-8,12H2,1H3. The third-order valence-corrected chi connectivity index (χ3v) is 3.49. The minimum Gasteiger partial charge on any atom is -0.372 e. The number of nitrogens with one attached hydrogen (secondary N) is 1. The Kier molecular flexibility index (Phi) is 3.10. The molecule has 0 bridgehead atoms. The first-order valence-electron chi connectivity index (χ1n) is 5.78. The van der Waals surface area contributed by atoms with Gasteiger partial charge in [-0.2, -0.15) is 0 Å². The number of ether oxygens (including phenoxy) is 1. The van der Waals surface area contributed by atoms with Crippen LogP contribution in [0.2, 0.25) is 0 Å². The fourth-order valence-corrected chi connectivity index (χ4v) is 2.03. The maximum Gasteiger partial charge on any atom is 0.0704 e. The highest BCUT2D eigenvalue weighted by Crippen LogP contribution is 2.44. The maximum atomic E-state index is 5.76. The van der Waals surface area contributed by atoms with E-state index in [-0.39, 0.29) is 0 Å². The highest BCUT2D eigenvalue weighted by atomic mass is 16.5. The Morgan fingerprint density at radius 3 is 2.64 bits per heavy atom. The fourth-order valence-electron chi connectivity index (χ4n) is 2.03. The zero-order valence-electron chi connectivity index (χ0n) is 9.09. The highest BCUT2D eigenvalue weighted by molar-refractivity contribution is 4.90. The van der Waals surface area contributed by atoms with E-state index in [9.17, 15) is 0 Å². The number of nitrogens with two attached hydrogens (primary N) is 1. The Hall–Kier alpha value is -0.120. The van der Waals surface area contributed by atoms with E-state index in [1.165, 1.54) is 19.3 Å². The van der Waals surface area contributed by atoms with Gasteiger partial charge in [-0.1, -0.05) is 6.92 Å². The van der Waals surface area contributed by atoms with E-state index < -0.39 is 0 Å². The predicted molar refractivity (Wildman–Crippen MR) is 57.2 cm³/mol. The maximum absolute atomic E-state index is 5.76. The highest BCUT2D eigenvalue weighted by Gasteiger charge is 2.36. The SMILES string of the molecule is CC1(CNCC2CCC(CN)O2)CC1. The lowest BCUT2D eigenvalue weighted by Crippen LogP contribution is -2.31. The second-order valence-electron chi connectivity index (χ2n) is 5.13. The topological polar surface area (TPSA) is 47.3 Å². The molecule has 82 valence electrons. The molecule has 1 saturated heterocycles. The van der Waals surface area contributed by atoms with Gasteiger partial charge in [0.05, 0.1) is 12.2 Å². The van der Waals surface area contributed by atoms with E-state index in [2.05, 4.69) is 12.2 Å². The van der Waals surface area contributed by atoms with Gasteiger partial charge in [0.15, 0.2) is 0 Å². The first-order chi connectivity index (χ1) is 6.72. The molecule has 2 atom stereocenters. The normalized spacial score (nSPS) is 34.7. The molecule has 1 aliphatic carbocycles. The average molecular weight is 198 g/mol. The number of rotatable bonds is 5. The predicted octanol–water partition coefficient (Wildman–Crippen LogP) is 0.882. The lowest BCUT2D eigenvalue weighted by molar-refractivity contribution is 0.0500. The van der Waals surface area contributed by atoms with Crippen molar-refractivity contribution in [2.45, 2.75) is 44.8 Å². The Bertz CT molecular complexity index is 192. The van der Waals surface area contributed by atoms with Crippen LogP contribution >= 0.6 is 0 Å². The van der Waals surface area contributed by atoms with E-state index >= 15 is 0 Å². The smallest absolute Gasteiger partial charge is 0.0704 e. The summed E-state index contributed by atoms with van der Waals surface area (Å²) < 4.78 is 5.76. The van der Waals surface area contributed by atoms with E-state index in [1.54, 1.807) is 0 Å². The lowest BCUT2D eigenvalue weighted by Gasteiger charge is -2.15. The molecule has 0 spiro atoms. The monoisotopic (exact) mass is 198 g/mol. The van der Waals surface area contributed by atoms with Gasteiger partial charge in [-0.25, -0.2) is 0 Å². The minimum absolute atomic E-state index is 0.318. The molecule has 0 aromatic carbocycles. The van der Waals surface area contributed by atoms with Crippen LogP contribution in [0.3, 0.4) is 0 Å². The van der Waals surface area contributed by atoms with Crippen molar-refractivity contribution in [1.29, 1.82) is 0 Å². The molecular formula is C11H22N2O. The Morgan fingerprint density at radius 2 is 2.07 bits per heavy atom. The summed E-state index contributed by atoms with van der Waals surface area (Å²) >= 11 is 0. The second kappa shape index (κ2) is 4.17. The van der Waals surface area contributed by atoms with E-state index in [0.29, 0.717) is 24.2 Å². The molecule has 1 heterocycles. The van der Waals surface area contributed by atoms with Gasteiger partial charge >= 0.3 is 0 Å². The summed E-state index contributed by atoms with van der Waals surface area (Å²) in [4.78, 5) is 0. The molecule has 0 radical (unpaired) electrons. The number of hydrogen-bond donors (Lipinski definition) is 2. The van der Waals surface area contributed by atoms with E-state index in [0.717, 1.165) is 19.5 Å². The molecular weight excluding hydrogens is 176 g/mol. The second-order valence-corrected chi connectivity index (χ2v) is 5.13. The minimum atomic E-state index is 0.318. The van der Waals surface area contributed by atoms with Crippen molar-refractivity contribution in [2.75, 3.05) is 19.6 Å².